The van der Waals surface area contributed by atoms with E-state index in [0.717, 1.165) is 0 Å². The molecule has 31 heavy (non-hydrogen) atoms. The summed E-state index contributed by atoms with van der Waals surface area (Å²) in [6, 6.07) is 11.5. The molecule has 2 rings (SSSR count). The second kappa shape index (κ2) is 11.9. The van der Waals surface area contributed by atoms with Gasteiger partial charge in [-0.15, -0.1) is 0 Å². The Morgan fingerprint density at radius 2 is 1.81 bits per heavy atom. The number of anilines is 1. The van der Waals surface area contributed by atoms with Gasteiger partial charge < -0.3 is 15.4 Å². The highest BCUT2D eigenvalue weighted by Gasteiger charge is 2.14. The first-order valence-corrected chi connectivity index (χ1v) is 10.2. The van der Waals surface area contributed by atoms with Crippen molar-refractivity contribution in [3.05, 3.63) is 58.1 Å². The van der Waals surface area contributed by atoms with E-state index in [1.165, 1.54) is 6.21 Å². The van der Waals surface area contributed by atoms with E-state index in [9.17, 15) is 14.4 Å². The van der Waals surface area contributed by atoms with Crippen molar-refractivity contribution in [2.45, 2.75) is 26.3 Å². The fourth-order valence-electron chi connectivity index (χ4n) is 2.19. The van der Waals surface area contributed by atoms with Crippen LogP contribution in [0.4, 0.5) is 5.69 Å². The van der Waals surface area contributed by atoms with E-state index in [0.29, 0.717) is 28.4 Å². The number of ether oxygens (including phenoxy) is 1. The maximum atomic E-state index is 12.0. The number of nitrogens with one attached hydrogen (secondary N) is 3. The Labute approximate surface area is 189 Å². The van der Waals surface area contributed by atoms with Crippen LogP contribution in [0.2, 0.25) is 10.0 Å². The predicted octanol–water partition coefficient (Wildman–Crippen LogP) is 3.38. The van der Waals surface area contributed by atoms with Crippen molar-refractivity contribution >= 4 is 52.8 Å². The standard InChI is InChI=1S/C21H22Cl2N4O4/c1-3-13(2)25-20(29)21(30)27-24-11-14-7-9-15(10-8-14)31-12-18(28)26-17-6-4-5-16(22)19(17)23/h4-11,13H,3,12H2,1-2H3,(H,25,29)(H,26,28)(H,27,30)/b24-11-/t13-/m1/s1. The minimum absolute atomic E-state index is 0.0978. The van der Waals surface area contributed by atoms with Gasteiger partial charge in [0.25, 0.3) is 5.91 Å². The normalized spacial score (nSPS) is 11.6. The summed E-state index contributed by atoms with van der Waals surface area (Å²) >= 11 is 11.9. The van der Waals surface area contributed by atoms with Crippen LogP contribution in [0.25, 0.3) is 0 Å². The molecule has 3 amide bonds. The van der Waals surface area contributed by atoms with E-state index in [4.69, 9.17) is 27.9 Å². The van der Waals surface area contributed by atoms with Crippen LogP contribution in [0.1, 0.15) is 25.8 Å². The Kier molecular flexibility index (Phi) is 9.30. The zero-order chi connectivity index (χ0) is 22.8. The third-order valence-electron chi connectivity index (χ3n) is 4.05. The highest BCUT2D eigenvalue weighted by atomic mass is 35.5. The van der Waals surface area contributed by atoms with Gasteiger partial charge >= 0.3 is 11.8 Å². The summed E-state index contributed by atoms with van der Waals surface area (Å²) in [5.74, 6) is -1.52. The van der Waals surface area contributed by atoms with Crippen molar-refractivity contribution < 1.29 is 19.1 Å². The first-order chi connectivity index (χ1) is 14.8. The quantitative estimate of drug-likeness (QED) is 0.316. The average molecular weight is 465 g/mol. The molecule has 2 aromatic carbocycles. The van der Waals surface area contributed by atoms with E-state index in [1.807, 2.05) is 6.92 Å². The predicted molar refractivity (Wildman–Crippen MR) is 121 cm³/mol. The number of rotatable bonds is 8. The van der Waals surface area contributed by atoms with Crippen LogP contribution in [-0.4, -0.2) is 36.6 Å². The fraction of sp³-hybridized carbons (Fsp3) is 0.238. The molecule has 0 radical (unpaired) electrons. The van der Waals surface area contributed by atoms with E-state index in [-0.39, 0.29) is 17.7 Å². The Morgan fingerprint density at radius 3 is 2.48 bits per heavy atom. The summed E-state index contributed by atoms with van der Waals surface area (Å²) in [4.78, 5) is 35.3. The second-order valence-electron chi connectivity index (χ2n) is 6.49. The monoisotopic (exact) mass is 464 g/mol. The molecule has 1 atom stereocenters. The van der Waals surface area contributed by atoms with Gasteiger partial charge in [0.2, 0.25) is 0 Å². The minimum Gasteiger partial charge on any atom is -0.484 e. The maximum absolute atomic E-state index is 12.0. The zero-order valence-electron chi connectivity index (χ0n) is 16.9. The topological polar surface area (TPSA) is 109 Å². The first kappa shape index (κ1) is 24.2. The van der Waals surface area contributed by atoms with Crippen molar-refractivity contribution in [1.82, 2.24) is 10.7 Å². The Bertz CT molecular complexity index is 964. The molecule has 10 heteroatoms. The van der Waals surface area contributed by atoms with Gasteiger partial charge in [-0.1, -0.05) is 36.2 Å². The number of hydrogen-bond acceptors (Lipinski definition) is 5. The van der Waals surface area contributed by atoms with Gasteiger partial charge in [-0.3, -0.25) is 14.4 Å². The molecule has 0 saturated heterocycles. The lowest BCUT2D eigenvalue weighted by molar-refractivity contribution is -0.139. The Morgan fingerprint density at radius 1 is 1.10 bits per heavy atom. The van der Waals surface area contributed by atoms with Crippen molar-refractivity contribution in [3.63, 3.8) is 0 Å². The maximum Gasteiger partial charge on any atom is 0.329 e. The summed E-state index contributed by atoms with van der Waals surface area (Å²) < 4.78 is 5.43. The van der Waals surface area contributed by atoms with Crippen molar-refractivity contribution in [2.75, 3.05) is 11.9 Å². The van der Waals surface area contributed by atoms with Crippen LogP contribution < -0.4 is 20.8 Å². The number of halogens is 2. The van der Waals surface area contributed by atoms with Crippen LogP contribution >= 0.6 is 23.2 Å². The minimum atomic E-state index is -0.845. The highest BCUT2D eigenvalue weighted by molar-refractivity contribution is 6.44. The van der Waals surface area contributed by atoms with Crippen LogP contribution in [0.5, 0.6) is 5.75 Å². The van der Waals surface area contributed by atoms with Gasteiger partial charge in [-0.25, -0.2) is 5.43 Å². The zero-order valence-corrected chi connectivity index (χ0v) is 18.5. The third kappa shape index (κ3) is 7.92. The van der Waals surface area contributed by atoms with Crippen molar-refractivity contribution in [3.8, 4) is 5.75 Å². The number of nitrogens with zero attached hydrogens (tertiary/aromatic N) is 1. The van der Waals surface area contributed by atoms with Gasteiger partial charge in [0, 0.05) is 6.04 Å². The number of hydrazone groups is 1. The summed E-state index contributed by atoms with van der Waals surface area (Å²) in [7, 11) is 0. The van der Waals surface area contributed by atoms with Crippen molar-refractivity contribution in [2.24, 2.45) is 5.10 Å². The molecule has 0 heterocycles. The third-order valence-corrected chi connectivity index (χ3v) is 4.87. The highest BCUT2D eigenvalue weighted by Crippen LogP contribution is 2.29. The smallest absolute Gasteiger partial charge is 0.329 e. The molecule has 164 valence electrons. The Balaban J connectivity index is 1.80. The van der Waals surface area contributed by atoms with Gasteiger partial charge in [0.05, 0.1) is 21.9 Å². The number of amides is 3. The van der Waals surface area contributed by atoms with E-state index >= 15 is 0 Å². The summed E-state index contributed by atoms with van der Waals surface area (Å²) in [6.45, 7) is 3.47. The van der Waals surface area contributed by atoms with Crippen LogP contribution in [0, 0.1) is 0 Å². The fourth-order valence-corrected chi connectivity index (χ4v) is 2.54. The molecule has 2 aromatic rings. The van der Waals surface area contributed by atoms with Gasteiger partial charge in [-0.2, -0.15) is 5.10 Å². The van der Waals surface area contributed by atoms with Crippen LogP contribution in [0.3, 0.4) is 0 Å². The number of hydrogen-bond donors (Lipinski definition) is 3. The molecule has 0 spiro atoms. The summed E-state index contributed by atoms with van der Waals surface area (Å²) in [5, 5.41) is 9.50. The Hall–Kier alpha value is -3.10. The molecule has 0 aliphatic carbocycles. The summed E-state index contributed by atoms with van der Waals surface area (Å²) in [6.07, 6.45) is 2.10. The lowest BCUT2D eigenvalue weighted by Crippen LogP contribution is -2.41. The second-order valence-corrected chi connectivity index (χ2v) is 7.27. The molecule has 0 aliphatic heterocycles. The molecule has 3 N–H and O–H groups in total. The van der Waals surface area contributed by atoms with Gasteiger partial charge in [0.15, 0.2) is 6.61 Å². The van der Waals surface area contributed by atoms with Crippen molar-refractivity contribution in [1.29, 1.82) is 0 Å². The number of benzene rings is 2. The van der Waals surface area contributed by atoms with Crippen LogP contribution in [-0.2, 0) is 14.4 Å². The number of carbonyl (C=O) groups excluding carboxylic acids is 3. The lowest BCUT2D eigenvalue weighted by Gasteiger charge is -2.10. The molecule has 0 aliphatic rings. The van der Waals surface area contributed by atoms with E-state index < -0.39 is 17.7 Å². The average Bonchev–Trinajstić information content (AvgIpc) is 2.76. The molecule has 8 nitrogen and oxygen atoms in total. The molecule has 0 aromatic heterocycles. The SMILES string of the molecule is CC[C@@H](C)NC(=O)C(=O)N/N=C\c1ccc(OCC(=O)Nc2cccc(Cl)c2Cl)cc1. The molecular weight excluding hydrogens is 443 g/mol. The first-order valence-electron chi connectivity index (χ1n) is 9.40. The lowest BCUT2D eigenvalue weighted by atomic mass is 10.2. The van der Waals surface area contributed by atoms with Gasteiger partial charge in [0.1, 0.15) is 5.75 Å². The van der Waals surface area contributed by atoms with Gasteiger partial charge in [-0.05, 0) is 55.3 Å². The number of carbonyl (C=O) groups is 3. The van der Waals surface area contributed by atoms with E-state index in [2.05, 4.69) is 21.2 Å². The van der Waals surface area contributed by atoms with E-state index in [1.54, 1.807) is 49.4 Å². The molecule has 0 bridgehead atoms. The molecule has 0 unspecified atom stereocenters. The summed E-state index contributed by atoms with van der Waals surface area (Å²) in [5.41, 5.74) is 3.22. The molecular formula is C21H22Cl2N4O4. The molecule has 0 saturated carbocycles. The molecule has 0 fully saturated rings. The largest absolute Gasteiger partial charge is 0.484 e. The van der Waals surface area contributed by atoms with Crippen LogP contribution in [0.15, 0.2) is 47.6 Å².